The highest BCUT2D eigenvalue weighted by atomic mass is 127. The van der Waals surface area contributed by atoms with E-state index in [4.69, 9.17) is 0 Å². The third-order valence-corrected chi connectivity index (χ3v) is 5.57. The Labute approximate surface area is 172 Å². The topological polar surface area (TPSA) is 42.9 Å². The summed E-state index contributed by atoms with van der Waals surface area (Å²) in [6.45, 7) is 6.88. The van der Waals surface area contributed by atoms with E-state index >= 15 is 0 Å². The molecule has 1 saturated carbocycles. The van der Waals surface area contributed by atoms with Crippen LogP contribution in [0, 0.1) is 0 Å². The van der Waals surface area contributed by atoms with E-state index in [2.05, 4.69) is 32.5 Å². The Morgan fingerprint density at radius 2 is 1.64 bits per heavy atom. The largest absolute Gasteiger partial charge is 0.356 e. The molecule has 1 aliphatic carbocycles. The smallest absolute Gasteiger partial charge is 0.191 e. The van der Waals surface area contributed by atoms with E-state index < -0.39 is 0 Å². The lowest BCUT2D eigenvalue weighted by Crippen LogP contribution is -2.43. The van der Waals surface area contributed by atoms with Gasteiger partial charge >= 0.3 is 0 Å². The van der Waals surface area contributed by atoms with Gasteiger partial charge in [-0.25, -0.2) is 0 Å². The van der Waals surface area contributed by atoms with Crippen LogP contribution in [0.1, 0.15) is 57.8 Å². The minimum Gasteiger partial charge on any atom is -0.356 e. The first-order chi connectivity index (χ1) is 11.8. The second kappa shape index (κ2) is 14.0. The van der Waals surface area contributed by atoms with Gasteiger partial charge in [0.25, 0.3) is 0 Å². The van der Waals surface area contributed by atoms with Gasteiger partial charge in [0.1, 0.15) is 0 Å². The standard InChI is InChI=1S/C19H39N5.HI/c1-20-19(22-13-17-23(2)18-10-5-6-11-18)21-12-9-16-24-14-7-3-4-8-15-24;/h18H,3-17H2,1-2H3,(H2,20,21,22);1H. The zero-order valence-corrected chi connectivity index (χ0v) is 18.8. The SMILES string of the molecule is CN=C(NCCCN1CCCCCC1)NCCN(C)C1CCCC1.I. The summed E-state index contributed by atoms with van der Waals surface area (Å²) in [5, 5.41) is 6.92. The molecule has 0 unspecified atom stereocenters. The first-order valence-corrected chi connectivity index (χ1v) is 10.2. The molecule has 0 spiro atoms. The highest BCUT2D eigenvalue weighted by Crippen LogP contribution is 2.21. The predicted molar refractivity (Wildman–Crippen MR) is 119 cm³/mol. The Hall–Kier alpha value is -0.0800. The van der Waals surface area contributed by atoms with Crippen LogP contribution in [0.15, 0.2) is 4.99 Å². The second-order valence-electron chi connectivity index (χ2n) is 7.45. The monoisotopic (exact) mass is 465 g/mol. The van der Waals surface area contributed by atoms with E-state index in [1.54, 1.807) is 0 Å². The van der Waals surface area contributed by atoms with E-state index in [1.807, 2.05) is 7.05 Å². The summed E-state index contributed by atoms with van der Waals surface area (Å²) in [5.74, 6) is 0.950. The van der Waals surface area contributed by atoms with E-state index in [1.165, 1.54) is 77.4 Å². The van der Waals surface area contributed by atoms with Crippen molar-refractivity contribution in [1.29, 1.82) is 0 Å². The maximum Gasteiger partial charge on any atom is 0.191 e. The van der Waals surface area contributed by atoms with Gasteiger partial charge < -0.3 is 20.4 Å². The van der Waals surface area contributed by atoms with Crippen LogP contribution < -0.4 is 10.6 Å². The van der Waals surface area contributed by atoms with Crippen molar-refractivity contribution < 1.29 is 0 Å². The maximum atomic E-state index is 4.34. The lowest BCUT2D eigenvalue weighted by molar-refractivity contribution is 0.249. The van der Waals surface area contributed by atoms with Crippen molar-refractivity contribution in [2.45, 2.75) is 63.8 Å². The fourth-order valence-electron chi connectivity index (χ4n) is 3.97. The van der Waals surface area contributed by atoms with Gasteiger partial charge in [-0.2, -0.15) is 0 Å². The number of halogens is 1. The Morgan fingerprint density at radius 1 is 1.00 bits per heavy atom. The van der Waals surface area contributed by atoms with Gasteiger partial charge in [0, 0.05) is 32.7 Å². The molecule has 2 N–H and O–H groups in total. The number of rotatable bonds is 8. The fourth-order valence-corrected chi connectivity index (χ4v) is 3.97. The van der Waals surface area contributed by atoms with Crippen LogP contribution in [0.3, 0.4) is 0 Å². The summed E-state index contributed by atoms with van der Waals surface area (Å²) < 4.78 is 0. The summed E-state index contributed by atoms with van der Waals surface area (Å²) in [6.07, 6.45) is 12.4. The van der Waals surface area contributed by atoms with Crippen LogP contribution in [-0.4, -0.2) is 75.2 Å². The number of hydrogen-bond acceptors (Lipinski definition) is 3. The zero-order chi connectivity index (χ0) is 17.0. The van der Waals surface area contributed by atoms with Crippen molar-refractivity contribution in [3.05, 3.63) is 0 Å². The summed E-state index contributed by atoms with van der Waals surface area (Å²) >= 11 is 0. The second-order valence-corrected chi connectivity index (χ2v) is 7.45. The number of likely N-dealkylation sites (N-methyl/N-ethyl adjacent to an activating group) is 1. The average molecular weight is 465 g/mol. The molecular formula is C19H40IN5. The molecule has 0 aromatic rings. The predicted octanol–water partition coefficient (Wildman–Crippen LogP) is 2.91. The molecule has 0 aromatic heterocycles. The molecule has 1 heterocycles. The Kier molecular flexibility index (Phi) is 12.9. The highest BCUT2D eigenvalue weighted by molar-refractivity contribution is 14.0. The van der Waals surface area contributed by atoms with Gasteiger partial charge in [-0.15, -0.1) is 24.0 Å². The summed E-state index contributed by atoms with van der Waals surface area (Å²) in [5.41, 5.74) is 0. The van der Waals surface area contributed by atoms with E-state index in [-0.39, 0.29) is 24.0 Å². The first-order valence-electron chi connectivity index (χ1n) is 10.2. The van der Waals surface area contributed by atoms with Crippen LogP contribution in [0.25, 0.3) is 0 Å². The molecule has 0 radical (unpaired) electrons. The van der Waals surface area contributed by atoms with E-state index in [0.717, 1.165) is 31.6 Å². The van der Waals surface area contributed by atoms with Crippen LogP contribution in [0.4, 0.5) is 0 Å². The Morgan fingerprint density at radius 3 is 2.28 bits per heavy atom. The van der Waals surface area contributed by atoms with Crippen molar-refractivity contribution in [3.8, 4) is 0 Å². The van der Waals surface area contributed by atoms with Crippen molar-refractivity contribution in [2.75, 3.05) is 53.4 Å². The molecular weight excluding hydrogens is 425 g/mol. The van der Waals surface area contributed by atoms with Gasteiger partial charge in [0.05, 0.1) is 0 Å². The molecule has 2 fully saturated rings. The zero-order valence-electron chi connectivity index (χ0n) is 16.4. The molecule has 0 atom stereocenters. The molecule has 2 aliphatic rings. The molecule has 1 aliphatic heterocycles. The molecule has 0 aromatic carbocycles. The van der Waals surface area contributed by atoms with Crippen LogP contribution >= 0.6 is 24.0 Å². The number of hydrogen-bond donors (Lipinski definition) is 2. The number of likely N-dealkylation sites (tertiary alicyclic amines) is 1. The molecule has 1 saturated heterocycles. The molecule has 148 valence electrons. The molecule has 25 heavy (non-hydrogen) atoms. The maximum absolute atomic E-state index is 4.34. The van der Waals surface area contributed by atoms with Crippen LogP contribution in [0.2, 0.25) is 0 Å². The summed E-state index contributed by atoms with van der Waals surface area (Å²) in [6, 6.07) is 0.801. The van der Waals surface area contributed by atoms with Crippen molar-refractivity contribution in [2.24, 2.45) is 4.99 Å². The summed E-state index contributed by atoms with van der Waals surface area (Å²) in [7, 11) is 4.12. The number of nitrogens with one attached hydrogen (secondary N) is 2. The van der Waals surface area contributed by atoms with Crippen molar-refractivity contribution in [1.82, 2.24) is 20.4 Å². The molecule has 5 nitrogen and oxygen atoms in total. The fraction of sp³-hybridized carbons (Fsp3) is 0.947. The quantitative estimate of drug-likeness (QED) is 0.251. The molecule has 2 rings (SSSR count). The average Bonchev–Trinajstić information content (AvgIpc) is 3.02. The molecule has 0 amide bonds. The van der Waals surface area contributed by atoms with Crippen molar-refractivity contribution >= 4 is 29.9 Å². The summed E-state index contributed by atoms with van der Waals surface area (Å²) in [4.78, 5) is 9.48. The first kappa shape index (κ1) is 23.0. The van der Waals surface area contributed by atoms with Crippen LogP contribution in [0.5, 0.6) is 0 Å². The highest BCUT2D eigenvalue weighted by Gasteiger charge is 2.18. The van der Waals surface area contributed by atoms with Gasteiger partial charge in [0.2, 0.25) is 0 Å². The van der Waals surface area contributed by atoms with E-state index in [0.29, 0.717) is 0 Å². The Bertz CT molecular complexity index is 350. The van der Waals surface area contributed by atoms with Gasteiger partial charge in [-0.1, -0.05) is 25.7 Å². The third-order valence-electron chi connectivity index (χ3n) is 5.57. The number of aliphatic imine (C=N–C) groups is 1. The third kappa shape index (κ3) is 9.43. The minimum atomic E-state index is 0. The van der Waals surface area contributed by atoms with Gasteiger partial charge in [-0.05, 0) is 58.8 Å². The number of guanidine groups is 1. The van der Waals surface area contributed by atoms with E-state index in [9.17, 15) is 0 Å². The lowest BCUT2D eigenvalue weighted by atomic mass is 10.2. The van der Waals surface area contributed by atoms with Crippen LogP contribution in [-0.2, 0) is 0 Å². The van der Waals surface area contributed by atoms with Crippen molar-refractivity contribution in [3.63, 3.8) is 0 Å². The molecule has 6 heteroatoms. The molecule has 0 bridgehead atoms. The lowest BCUT2D eigenvalue weighted by Gasteiger charge is -2.24. The number of nitrogens with zero attached hydrogens (tertiary/aromatic N) is 3. The van der Waals surface area contributed by atoms with Gasteiger partial charge in [0.15, 0.2) is 5.96 Å². The van der Waals surface area contributed by atoms with Gasteiger partial charge in [-0.3, -0.25) is 4.99 Å². The normalized spacial score (nSPS) is 20.4. The Balaban J connectivity index is 0.00000312. The minimum absolute atomic E-state index is 0.